The van der Waals surface area contributed by atoms with Crippen LogP contribution in [-0.2, 0) is 14.3 Å². The van der Waals surface area contributed by atoms with Crippen molar-refractivity contribution in [1.82, 2.24) is 4.90 Å². The zero-order valence-electron chi connectivity index (χ0n) is 19.6. The van der Waals surface area contributed by atoms with Gasteiger partial charge in [0, 0.05) is 17.5 Å². The van der Waals surface area contributed by atoms with E-state index in [-0.39, 0.29) is 19.1 Å². The summed E-state index contributed by atoms with van der Waals surface area (Å²) in [6.45, 7) is 7.64. The molecule has 2 heterocycles. The number of nitrogens with zero attached hydrogens (tertiary/aromatic N) is 2. The third kappa shape index (κ3) is 4.87. The van der Waals surface area contributed by atoms with Gasteiger partial charge in [0.25, 0.3) is 5.91 Å². The predicted molar refractivity (Wildman–Crippen MR) is 135 cm³/mol. The minimum atomic E-state index is -0.476. The molecule has 0 bridgehead atoms. The van der Waals surface area contributed by atoms with Crippen LogP contribution in [0, 0.1) is 13.8 Å². The number of allylic oxidation sites excluding steroid dienone is 1. The quantitative estimate of drug-likeness (QED) is 0.560. The van der Waals surface area contributed by atoms with Crippen LogP contribution >= 0.6 is 11.8 Å². The fraction of sp³-hybridized carbons (Fsp3) is 0.269. The molecule has 1 atom stereocenters. The summed E-state index contributed by atoms with van der Waals surface area (Å²) in [6.07, 6.45) is 1.89. The number of fused-ring (bicyclic) bond motifs is 1. The minimum Gasteiger partial charge on any atom is -0.483 e. The summed E-state index contributed by atoms with van der Waals surface area (Å²) in [4.78, 5) is 32.1. The predicted octanol–water partition coefficient (Wildman–Crippen LogP) is 5.09. The van der Waals surface area contributed by atoms with Crippen molar-refractivity contribution in [3.05, 3.63) is 82.0 Å². The average molecular weight is 478 g/mol. The SMILES string of the molecule is CCOC(=O)C1=C(C)N=C2SC=CN2[C@H]1c1ccccc1OCC(=O)Nc1ccc(C)cc1C. The number of ether oxygens (including phenoxy) is 2. The second-order valence-electron chi connectivity index (χ2n) is 8.02. The van der Waals surface area contributed by atoms with Crippen LogP contribution in [0.4, 0.5) is 5.69 Å². The molecule has 176 valence electrons. The molecule has 0 saturated heterocycles. The van der Waals surface area contributed by atoms with Gasteiger partial charge in [-0.1, -0.05) is 47.7 Å². The molecule has 7 nitrogen and oxygen atoms in total. The Morgan fingerprint density at radius 1 is 1.15 bits per heavy atom. The largest absolute Gasteiger partial charge is 0.483 e. The first kappa shape index (κ1) is 23.6. The van der Waals surface area contributed by atoms with E-state index >= 15 is 0 Å². The van der Waals surface area contributed by atoms with E-state index in [0.29, 0.717) is 17.0 Å². The Bertz CT molecular complexity index is 1220. The van der Waals surface area contributed by atoms with Crippen LogP contribution in [0.25, 0.3) is 0 Å². The van der Waals surface area contributed by atoms with Crippen LogP contribution in [0.2, 0.25) is 0 Å². The van der Waals surface area contributed by atoms with Crippen LogP contribution in [0.1, 0.15) is 36.6 Å². The molecular formula is C26H27N3O4S. The summed E-state index contributed by atoms with van der Waals surface area (Å²) >= 11 is 1.49. The van der Waals surface area contributed by atoms with Crippen molar-refractivity contribution in [1.29, 1.82) is 0 Å². The number of carbonyl (C=O) groups excluding carboxylic acids is 2. The number of para-hydroxylation sites is 1. The number of benzene rings is 2. The maximum atomic E-state index is 12.9. The van der Waals surface area contributed by atoms with Crippen LogP contribution in [-0.4, -0.2) is 35.2 Å². The van der Waals surface area contributed by atoms with Gasteiger partial charge < -0.3 is 19.7 Å². The zero-order valence-corrected chi connectivity index (χ0v) is 20.4. The number of anilines is 1. The fourth-order valence-electron chi connectivity index (χ4n) is 4.00. The summed E-state index contributed by atoms with van der Waals surface area (Å²) < 4.78 is 11.3. The number of hydrogen-bond acceptors (Lipinski definition) is 7. The van der Waals surface area contributed by atoms with Crippen molar-refractivity contribution in [2.75, 3.05) is 18.5 Å². The number of thioether (sulfide) groups is 1. The summed E-state index contributed by atoms with van der Waals surface area (Å²) in [7, 11) is 0. The molecule has 2 aromatic carbocycles. The average Bonchev–Trinajstić information content (AvgIpc) is 3.27. The summed E-state index contributed by atoms with van der Waals surface area (Å²) in [5.41, 5.74) is 4.68. The molecule has 1 N–H and O–H groups in total. The lowest BCUT2D eigenvalue weighted by molar-refractivity contribution is -0.139. The van der Waals surface area contributed by atoms with Crippen LogP contribution in [0.5, 0.6) is 5.75 Å². The molecule has 0 aliphatic carbocycles. The normalized spacial score (nSPS) is 16.8. The lowest BCUT2D eigenvalue weighted by Gasteiger charge is -2.34. The second kappa shape index (κ2) is 10.2. The Kier molecular flexibility index (Phi) is 7.07. The first-order chi connectivity index (χ1) is 16.4. The molecule has 2 aromatic rings. The van der Waals surface area contributed by atoms with E-state index in [9.17, 15) is 9.59 Å². The Morgan fingerprint density at radius 3 is 2.71 bits per heavy atom. The number of amides is 1. The number of aryl methyl sites for hydroxylation is 2. The van der Waals surface area contributed by atoms with Crippen molar-refractivity contribution < 1.29 is 19.1 Å². The molecule has 0 aromatic heterocycles. The van der Waals surface area contributed by atoms with E-state index in [0.717, 1.165) is 27.5 Å². The Balaban J connectivity index is 1.59. The minimum absolute atomic E-state index is 0.167. The highest BCUT2D eigenvalue weighted by Gasteiger charge is 2.38. The molecule has 34 heavy (non-hydrogen) atoms. The smallest absolute Gasteiger partial charge is 0.338 e. The molecule has 1 amide bonds. The van der Waals surface area contributed by atoms with Gasteiger partial charge in [0.1, 0.15) is 5.75 Å². The molecular weight excluding hydrogens is 450 g/mol. The molecule has 0 saturated carbocycles. The number of aliphatic imine (C=N–C) groups is 1. The summed E-state index contributed by atoms with van der Waals surface area (Å²) in [5, 5.41) is 5.60. The van der Waals surface area contributed by atoms with Crippen molar-refractivity contribution in [2.24, 2.45) is 4.99 Å². The van der Waals surface area contributed by atoms with Gasteiger partial charge in [0.05, 0.1) is 23.9 Å². The number of esters is 1. The van der Waals surface area contributed by atoms with Crippen molar-refractivity contribution in [3.63, 3.8) is 0 Å². The van der Waals surface area contributed by atoms with E-state index in [1.165, 1.54) is 11.8 Å². The van der Waals surface area contributed by atoms with E-state index in [2.05, 4.69) is 10.3 Å². The second-order valence-corrected chi connectivity index (χ2v) is 8.89. The first-order valence-corrected chi connectivity index (χ1v) is 11.9. The highest BCUT2D eigenvalue weighted by Crippen LogP contribution is 2.43. The van der Waals surface area contributed by atoms with Crippen LogP contribution in [0.3, 0.4) is 0 Å². The maximum absolute atomic E-state index is 12.9. The van der Waals surface area contributed by atoms with Gasteiger partial charge in [-0.25, -0.2) is 9.79 Å². The molecule has 0 spiro atoms. The number of hydrogen-bond donors (Lipinski definition) is 1. The van der Waals surface area contributed by atoms with Gasteiger partial charge in [-0.15, -0.1) is 0 Å². The summed E-state index contributed by atoms with van der Waals surface area (Å²) in [5.74, 6) is -0.161. The third-order valence-corrected chi connectivity index (χ3v) is 6.31. The highest BCUT2D eigenvalue weighted by atomic mass is 32.2. The van der Waals surface area contributed by atoms with E-state index in [4.69, 9.17) is 9.47 Å². The lowest BCUT2D eigenvalue weighted by Crippen LogP contribution is -2.34. The monoisotopic (exact) mass is 477 g/mol. The molecule has 0 radical (unpaired) electrons. The number of amidine groups is 1. The topological polar surface area (TPSA) is 80.2 Å². The highest BCUT2D eigenvalue weighted by molar-refractivity contribution is 8.16. The van der Waals surface area contributed by atoms with E-state index < -0.39 is 12.0 Å². The fourth-order valence-corrected chi connectivity index (χ4v) is 4.79. The number of carbonyl (C=O) groups is 2. The van der Waals surface area contributed by atoms with Crippen LogP contribution in [0.15, 0.2) is 70.3 Å². The molecule has 0 fully saturated rings. The zero-order chi connectivity index (χ0) is 24.2. The van der Waals surface area contributed by atoms with E-state index in [1.807, 2.05) is 73.7 Å². The van der Waals surface area contributed by atoms with Gasteiger partial charge in [-0.2, -0.15) is 0 Å². The number of nitrogens with one attached hydrogen (secondary N) is 1. The van der Waals surface area contributed by atoms with E-state index in [1.54, 1.807) is 13.0 Å². The molecule has 4 rings (SSSR count). The molecule has 2 aliphatic heterocycles. The standard InChI is InChI=1S/C26H27N3O4S/c1-5-32-25(31)23-18(4)27-26-29(12-13-34-26)24(23)19-8-6-7-9-21(19)33-15-22(30)28-20-11-10-16(2)14-17(20)3/h6-14,24H,5,15H2,1-4H3,(H,28,30)/t24-/m0/s1. The van der Waals surface area contributed by atoms with Gasteiger partial charge in [-0.05, 0) is 50.8 Å². The van der Waals surface area contributed by atoms with Gasteiger partial charge in [0.15, 0.2) is 11.8 Å². The van der Waals surface area contributed by atoms with Gasteiger partial charge in [-0.3, -0.25) is 4.79 Å². The molecule has 0 unspecified atom stereocenters. The Morgan fingerprint density at radius 2 is 1.94 bits per heavy atom. The molecule has 8 heteroatoms. The maximum Gasteiger partial charge on any atom is 0.338 e. The van der Waals surface area contributed by atoms with Crippen molar-refractivity contribution in [3.8, 4) is 5.75 Å². The summed E-state index contributed by atoms with van der Waals surface area (Å²) in [6, 6.07) is 12.8. The molecule has 2 aliphatic rings. The van der Waals surface area contributed by atoms with Gasteiger partial charge >= 0.3 is 5.97 Å². The lowest BCUT2D eigenvalue weighted by atomic mass is 9.94. The van der Waals surface area contributed by atoms with Crippen LogP contribution < -0.4 is 10.1 Å². The Hall–Kier alpha value is -3.52. The van der Waals surface area contributed by atoms with Crippen molar-refractivity contribution in [2.45, 2.75) is 33.7 Å². The van der Waals surface area contributed by atoms with Crippen molar-refractivity contribution >= 4 is 34.5 Å². The third-order valence-electron chi connectivity index (χ3n) is 5.54. The first-order valence-electron chi connectivity index (χ1n) is 11.1. The van der Waals surface area contributed by atoms with Gasteiger partial charge in [0.2, 0.25) is 0 Å². The number of rotatable bonds is 7. The Labute approximate surface area is 203 Å².